The molecule has 0 unspecified atom stereocenters. The summed E-state index contributed by atoms with van der Waals surface area (Å²) in [6.07, 6.45) is 1.35. The van der Waals surface area contributed by atoms with Gasteiger partial charge in [0.1, 0.15) is 16.3 Å². The van der Waals surface area contributed by atoms with E-state index >= 15 is 0 Å². The van der Waals surface area contributed by atoms with Gasteiger partial charge < -0.3 is 20.3 Å². The largest absolute Gasteiger partial charge is 0.444 e. The average molecular weight is 323 g/mol. The fraction of sp³-hybridized carbons (Fsp3) is 0.571. The first-order valence-corrected chi connectivity index (χ1v) is 7.53. The number of ether oxygens (including phenoxy) is 1. The van der Waals surface area contributed by atoms with Crippen LogP contribution in [-0.4, -0.2) is 57.7 Å². The van der Waals surface area contributed by atoms with Gasteiger partial charge in [0.15, 0.2) is 0 Å². The van der Waals surface area contributed by atoms with Gasteiger partial charge in [-0.25, -0.2) is 14.8 Å². The topological polar surface area (TPSA) is 84.6 Å². The number of thiocarbonyl (C=S) groups is 1. The van der Waals surface area contributed by atoms with Crippen molar-refractivity contribution in [1.82, 2.24) is 14.9 Å². The molecule has 2 heterocycles. The van der Waals surface area contributed by atoms with Crippen molar-refractivity contribution < 1.29 is 9.53 Å². The summed E-state index contributed by atoms with van der Waals surface area (Å²) in [6.45, 7) is 7.98. The van der Waals surface area contributed by atoms with Crippen LogP contribution in [0.2, 0.25) is 0 Å². The third kappa shape index (κ3) is 4.27. The third-order valence-electron chi connectivity index (χ3n) is 3.11. The van der Waals surface area contributed by atoms with Gasteiger partial charge in [-0.15, -0.1) is 0 Å². The van der Waals surface area contributed by atoms with Crippen LogP contribution in [0.3, 0.4) is 0 Å². The molecule has 0 aliphatic carbocycles. The lowest BCUT2D eigenvalue weighted by molar-refractivity contribution is 0.0240. The van der Waals surface area contributed by atoms with E-state index in [0.29, 0.717) is 37.8 Å². The first-order valence-electron chi connectivity index (χ1n) is 7.12. The molecule has 1 aliphatic rings. The Morgan fingerprint density at radius 1 is 1.32 bits per heavy atom. The van der Waals surface area contributed by atoms with Crippen LogP contribution in [0, 0.1) is 0 Å². The van der Waals surface area contributed by atoms with Gasteiger partial charge >= 0.3 is 6.09 Å². The predicted molar refractivity (Wildman–Crippen MR) is 87.9 cm³/mol. The summed E-state index contributed by atoms with van der Waals surface area (Å²) in [4.78, 5) is 24.5. The van der Waals surface area contributed by atoms with Crippen molar-refractivity contribution in [3.05, 3.63) is 18.0 Å². The molecule has 1 amide bonds. The Labute approximate surface area is 135 Å². The number of piperazine rings is 1. The number of carbonyl (C=O) groups excluding carboxylic acids is 1. The molecule has 0 spiro atoms. The number of nitrogens with zero attached hydrogens (tertiary/aromatic N) is 4. The standard InChI is InChI=1S/C14H21N5O2S/c1-14(2,3)21-13(20)19-8-6-18(7-9-19)12-16-5-4-10(17-12)11(15)22/h4-5H,6-9H2,1-3H3,(H2,15,22). The maximum absolute atomic E-state index is 12.0. The van der Waals surface area contributed by atoms with Crippen LogP contribution in [0.1, 0.15) is 26.5 Å². The Morgan fingerprint density at radius 2 is 1.95 bits per heavy atom. The maximum atomic E-state index is 12.0. The third-order valence-corrected chi connectivity index (χ3v) is 3.32. The highest BCUT2D eigenvalue weighted by Gasteiger charge is 2.26. The summed E-state index contributed by atoms with van der Waals surface area (Å²) in [5.74, 6) is 0.578. The van der Waals surface area contributed by atoms with Crippen molar-refractivity contribution in [3.63, 3.8) is 0 Å². The molecule has 2 N–H and O–H groups in total. The van der Waals surface area contributed by atoms with Gasteiger partial charge in [0.05, 0.1) is 0 Å². The summed E-state index contributed by atoms with van der Waals surface area (Å²) >= 11 is 4.93. The molecule has 22 heavy (non-hydrogen) atoms. The minimum Gasteiger partial charge on any atom is -0.444 e. The Hall–Kier alpha value is -1.96. The van der Waals surface area contributed by atoms with Crippen molar-refractivity contribution in [2.45, 2.75) is 26.4 Å². The van der Waals surface area contributed by atoms with E-state index in [-0.39, 0.29) is 11.1 Å². The lowest BCUT2D eigenvalue weighted by Gasteiger charge is -2.35. The molecule has 0 atom stereocenters. The van der Waals surface area contributed by atoms with Gasteiger partial charge in [-0.05, 0) is 26.8 Å². The van der Waals surface area contributed by atoms with E-state index in [1.165, 1.54) is 0 Å². The Bertz CT molecular complexity index is 565. The highest BCUT2D eigenvalue weighted by atomic mass is 32.1. The highest BCUT2D eigenvalue weighted by Crippen LogP contribution is 2.14. The molecule has 0 radical (unpaired) electrons. The van der Waals surface area contributed by atoms with Crippen LogP contribution in [0.4, 0.5) is 10.7 Å². The summed E-state index contributed by atoms with van der Waals surface area (Å²) in [7, 11) is 0. The molecular weight excluding hydrogens is 302 g/mol. The molecule has 0 bridgehead atoms. The average Bonchev–Trinajstić information content (AvgIpc) is 2.46. The summed E-state index contributed by atoms with van der Waals surface area (Å²) in [5.41, 5.74) is 5.65. The van der Waals surface area contributed by atoms with Gasteiger partial charge in [0.25, 0.3) is 0 Å². The maximum Gasteiger partial charge on any atom is 0.410 e. The van der Waals surface area contributed by atoms with Crippen molar-refractivity contribution in [2.75, 3.05) is 31.1 Å². The Kier molecular flexibility index (Phi) is 4.80. The van der Waals surface area contributed by atoms with E-state index in [2.05, 4.69) is 9.97 Å². The van der Waals surface area contributed by atoms with Crippen molar-refractivity contribution >= 4 is 29.2 Å². The molecule has 1 aromatic rings. The smallest absolute Gasteiger partial charge is 0.410 e. The minimum absolute atomic E-state index is 0.246. The number of amides is 1. The molecule has 8 heteroatoms. The predicted octanol–water partition coefficient (Wildman–Crippen LogP) is 1.17. The van der Waals surface area contributed by atoms with E-state index in [0.717, 1.165) is 0 Å². The zero-order valence-electron chi connectivity index (χ0n) is 13.1. The zero-order chi connectivity index (χ0) is 16.3. The highest BCUT2D eigenvalue weighted by molar-refractivity contribution is 7.80. The van der Waals surface area contributed by atoms with Gasteiger partial charge in [-0.1, -0.05) is 12.2 Å². The van der Waals surface area contributed by atoms with Gasteiger partial charge in [0, 0.05) is 32.4 Å². The number of nitrogens with two attached hydrogens (primary N) is 1. The molecule has 0 saturated carbocycles. The molecule has 1 aromatic heterocycles. The summed E-state index contributed by atoms with van der Waals surface area (Å²) < 4.78 is 5.37. The van der Waals surface area contributed by atoms with E-state index in [4.69, 9.17) is 22.7 Å². The monoisotopic (exact) mass is 323 g/mol. The van der Waals surface area contributed by atoms with E-state index in [9.17, 15) is 4.79 Å². The van der Waals surface area contributed by atoms with E-state index in [1.807, 2.05) is 25.7 Å². The van der Waals surface area contributed by atoms with Crippen molar-refractivity contribution in [2.24, 2.45) is 5.73 Å². The molecule has 2 rings (SSSR count). The van der Waals surface area contributed by atoms with E-state index < -0.39 is 5.60 Å². The van der Waals surface area contributed by atoms with Crippen LogP contribution >= 0.6 is 12.2 Å². The minimum atomic E-state index is -0.484. The SMILES string of the molecule is CC(C)(C)OC(=O)N1CCN(c2nccc(C(N)=S)n2)CC1. The van der Waals surface area contributed by atoms with Gasteiger partial charge in [-0.2, -0.15) is 0 Å². The molecule has 7 nitrogen and oxygen atoms in total. The van der Waals surface area contributed by atoms with Crippen LogP contribution in [0.25, 0.3) is 0 Å². The van der Waals surface area contributed by atoms with Crippen molar-refractivity contribution in [1.29, 1.82) is 0 Å². The fourth-order valence-electron chi connectivity index (χ4n) is 2.05. The second-order valence-electron chi connectivity index (χ2n) is 6.06. The quantitative estimate of drug-likeness (QED) is 0.818. The fourth-order valence-corrected chi connectivity index (χ4v) is 2.17. The number of aromatic nitrogens is 2. The van der Waals surface area contributed by atoms with Crippen LogP contribution in [-0.2, 0) is 4.74 Å². The number of rotatable bonds is 2. The molecular formula is C14H21N5O2S. The number of hydrogen-bond acceptors (Lipinski definition) is 6. The first-order chi connectivity index (χ1) is 10.3. The van der Waals surface area contributed by atoms with Crippen molar-refractivity contribution in [3.8, 4) is 0 Å². The van der Waals surface area contributed by atoms with Crippen LogP contribution in [0.5, 0.6) is 0 Å². The number of carbonyl (C=O) groups is 1. The summed E-state index contributed by atoms with van der Waals surface area (Å²) in [6, 6.07) is 1.68. The molecule has 120 valence electrons. The Balaban J connectivity index is 1.96. The number of anilines is 1. The zero-order valence-corrected chi connectivity index (χ0v) is 13.9. The molecule has 0 aromatic carbocycles. The molecule has 1 fully saturated rings. The second-order valence-corrected chi connectivity index (χ2v) is 6.50. The van der Waals surface area contributed by atoms with Gasteiger partial charge in [0.2, 0.25) is 5.95 Å². The molecule has 1 saturated heterocycles. The number of hydrogen-bond donors (Lipinski definition) is 1. The van der Waals surface area contributed by atoms with Gasteiger partial charge in [-0.3, -0.25) is 0 Å². The summed E-state index contributed by atoms with van der Waals surface area (Å²) in [5, 5.41) is 0. The lowest BCUT2D eigenvalue weighted by atomic mass is 10.2. The lowest BCUT2D eigenvalue weighted by Crippen LogP contribution is -2.50. The van der Waals surface area contributed by atoms with E-state index in [1.54, 1.807) is 17.2 Å². The van der Waals surface area contributed by atoms with Crippen LogP contribution < -0.4 is 10.6 Å². The second kappa shape index (κ2) is 6.43. The van der Waals surface area contributed by atoms with Crippen LogP contribution in [0.15, 0.2) is 12.3 Å². The molecule has 1 aliphatic heterocycles. The normalized spacial score (nSPS) is 15.6. The first kappa shape index (κ1) is 16.4. The Morgan fingerprint density at radius 3 is 2.50 bits per heavy atom.